The number of amides is 1. The van der Waals surface area contributed by atoms with Crippen LogP contribution in [0.4, 0.5) is 11.4 Å². The molecule has 0 aliphatic carbocycles. The molecule has 0 fully saturated rings. The quantitative estimate of drug-likeness (QED) is 0.905. The number of benzene rings is 1. The van der Waals surface area contributed by atoms with Gasteiger partial charge in [-0.05, 0) is 12.1 Å². The summed E-state index contributed by atoms with van der Waals surface area (Å²) in [4.78, 5) is 18.3. The lowest BCUT2D eigenvalue weighted by atomic mass is 10.1. The highest BCUT2D eigenvalue weighted by Crippen LogP contribution is 2.30. The predicted molar refractivity (Wildman–Crippen MR) is 74.3 cm³/mol. The van der Waals surface area contributed by atoms with Gasteiger partial charge in [0.2, 0.25) is 11.8 Å². The molecule has 0 bridgehead atoms. The van der Waals surface area contributed by atoms with Crippen molar-refractivity contribution in [2.24, 2.45) is 5.92 Å². The monoisotopic (exact) mass is 272 g/mol. The van der Waals surface area contributed by atoms with E-state index >= 15 is 0 Å². The van der Waals surface area contributed by atoms with Gasteiger partial charge in [-0.3, -0.25) is 4.79 Å². The Balaban J connectivity index is 1.94. The molecule has 1 atom stereocenters. The first-order valence-corrected chi connectivity index (χ1v) is 6.57. The molecule has 2 heterocycles. The molecule has 0 saturated heterocycles. The maximum absolute atomic E-state index is 12.0. The molecular weight excluding hydrogens is 256 g/mol. The maximum Gasteiger partial charge on any atom is 0.229 e. The van der Waals surface area contributed by atoms with E-state index in [-0.39, 0.29) is 11.8 Å². The Morgan fingerprint density at radius 1 is 1.45 bits per heavy atom. The number of rotatable bonds is 2. The molecule has 1 aliphatic heterocycles. The first kappa shape index (κ1) is 12.7. The van der Waals surface area contributed by atoms with Gasteiger partial charge in [-0.2, -0.15) is 4.98 Å². The summed E-state index contributed by atoms with van der Waals surface area (Å²) in [5, 5.41) is 6.87. The number of anilines is 2. The minimum Gasteiger partial charge on any atom is -0.361 e. The van der Waals surface area contributed by atoms with Crippen LogP contribution in [0.3, 0.4) is 0 Å². The highest BCUT2D eigenvalue weighted by molar-refractivity contribution is 5.97. The zero-order valence-electron chi connectivity index (χ0n) is 11.5. The van der Waals surface area contributed by atoms with Gasteiger partial charge in [0.1, 0.15) is 0 Å². The van der Waals surface area contributed by atoms with E-state index in [1.807, 2.05) is 31.2 Å². The molecular formula is C14H16N4O2. The highest BCUT2D eigenvalue weighted by atomic mass is 16.5. The average Bonchev–Trinajstić information content (AvgIpc) is 2.79. The highest BCUT2D eigenvalue weighted by Gasteiger charge is 2.25. The third-order valence-corrected chi connectivity index (χ3v) is 3.35. The summed E-state index contributed by atoms with van der Waals surface area (Å²) in [5.41, 5.74) is 1.80. The molecule has 3 rings (SSSR count). The van der Waals surface area contributed by atoms with E-state index in [0.29, 0.717) is 24.8 Å². The smallest absolute Gasteiger partial charge is 0.229 e. The number of nitrogens with zero attached hydrogens (tertiary/aromatic N) is 3. The van der Waals surface area contributed by atoms with Gasteiger partial charge in [-0.1, -0.05) is 24.2 Å². The summed E-state index contributed by atoms with van der Waals surface area (Å²) in [6.07, 6.45) is 0. The second-order valence-corrected chi connectivity index (χ2v) is 5.02. The largest absolute Gasteiger partial charge is 0.361 e. The number of aromatic nitrogens is 2. The molecule has 1 amide bonds. The molecule has 104 valence electrons. The van der Waals surface area contributed by atoms with Crippen molar-refractivity contribution >= 4 is 17.3 Å². The molecule has 1 aliphatic rings. The average molecular weight is 272 g/mol. The molecule has 1 unspecified atom stereocenters. The van der Waals surface area contributed by atoms with Gasteiger partial charge >= 0.3 is 0 Å². The van der Waals surface area contributed by atoms with Crippen LogP contribution in [-0.4, -0.2) is 22.6 Å². The first-order valence-electron chi connectivity index (χ1n) is 6.57. The van der Waals surface area contributed by atoms with Gasteiger partial charge < -0.3 is 14.7 Å². The predicted octanol–water partition coefficient (Wildman–Crippen LogP) is 1.97. The van der Waals surface area contributed by atoms with Gasteiger partial charge in [-0.15, -0.1) is 0 Å². The number of nitrogens with one attached hydrogen (secondary N) is 1. The van der Waals surface area contributed by atoms with Crippen molar-refractivity contribution in [3.63, 3.8) is 0 Å². The second-order valence-electron chi connectivity index (χ2n) is 5.02. The molecule has 20 heavy (non-hydrogen) atoms. The fourth-order valence-electron chi connectivity index (χ4n) is 2.35. The number of carbonyl (C=O) groups is 1. The zero-order chi connectivity index (χ0) is 14.1. The molecule has 0 radical (unpaired) electrons. The van der Waals surface area contributed by atoms with E-state index in [4.69, 9.17) is 4.52 Å². The van der Waals surface area contributed by atoms with Gasteiger partial charge in [0, 0.05) is 13.5 Å². The summed E-state index contributed by atoms with van der Waals surface area (Å²) in [6, 6.07) is 7.75. The molecule has 1 N–H and O–H groups in total. The summed E-state index contributed by atoms with van der Waals surface area (Å²) in [6.45, 7) is 4.82. The third kappa shape index (κ3) is 2.36. The summed E-state index contributed by atoms with van der Waals surface area (Å²) in [7, 11) is 0. The number of carbonyl (C=O) groups excluding carboxylic acids is 1. The topological polar surface area (TPSA) is 71.3 Å². The van der Waals surface area contributed by atoms with Crippen molar-refractivity contribution < 1.29 is 9.32 Å². The Morgan fingerprint density at radius 2 is 2.25 bits per heavy atom. The van der Waals surface area contributed by atoms with Crippen LogP contribution in [0.2, 0.25) is 0 Å². The molecule has 6 heteroatoms. The second kappa shape index (κ2) is 4.96. The SMILES string of the molecule is Cc1nc(CN2CC(C)C(=O)Nc3ccccc32)no1. The van der Waals surface area contributed by atoms with E-state index in [2.05, 4.69) is 20.4 Å². The van der Waals surface area contributed by atoms with E-state index in [1.165, 1.54) is 0 Å². The lowest BCUT2D eigenvalue weighted by Crippen LogP contribution is -2.30. The van der Waals surface area contributed by atoms with Gasteiger partial charge in [-0.25, -0.2) is 0 Å². The van der Waals surface area contributed by atoms with Crippen LogP contribution in [0.5, 0.6) is 0 Å². The van der Waals surface area contributed by atoms with E-state index in [0.717, 1.165) is 11.4 Å². The summed E-state index contributed by atoms with van der Waals surface area (Å²) in [5.74, 6) is 1.10. The van der Waals surface area contributed by atoms with E-state index in [1.54, 1.807) is 6.92 Å². The van der Waals surface area contributed by atoms with Gasteiger partial charge in [0.25, 0.3) is 0 Å². The Bertz CT molecular complexity index is 638. The Kier molecular flexibility index (Phi) is 3.14. The molecule has 0 saturated carbocycles. The van der Waals surface area contributed by atoms with Crippen molar-refractivity contribution in [2.45, 2.75) is 20.4 Å². The Morgan fingerprint density at radius 3 is 3.00 bits per heavy atom. The Hall–Kier alpha value is -2.37. The van der Waals surface area contributed by atoms with Crippen molar-refractivity contribution in [1.29, 1.82) is 0 Å². The molecule has 6 nitrogen and oxygen atoms in total. The van der Waals surface area contributed by atoms with Crippen LogP contribution >= 0.6 is 0 Å². The van der Waals surface area contributed by atoms with Crippen LogP contribution < -0.4 is 10.2 Å². The minimum absolute atomic E-state index is 0.0317. The van der Waals surface area contributed by atoms with Crippen molar-refractivity contribution in [3.8, 4) is 0 Å². The zero-order valence-corrected chi connectivity index (χ0v) is 11.5. The van der Waals surface area contributed by atoms with Crippen molar-refractivity contribution in [1.82, 2.24) is 10.1 Å². The van der Waals surface area contributed by atoms with Crippen LogP contribution in [0.15, 0.2) is 28.8 Å². The van der Waals surface area contributed by atoms with Gasteiger partial charge in [0.15, 0.2) is 5.82 Å². The van der Waals surface area contributed by atoms with E-state index in [9.17, 15) is 4.79 Å². The van der Waals surface area contributed by atoms with Crippen molar-refractivity contribution in [3.05, 3.63) is 36.0 Å². The standard InChI is InChI=1S/C14H16N4O2/c1-9-7-18(8-13-15-10(2)20-17-13)12-6-4-3-5-11(12)16-14(9)19/h3-6,9H,7-8H2,1-2H3,(H,16,19). The summed E-state index contributed by atoms with van der Waals surface area (Å²) >= 11 is 0. The first-order chi connectivity index (χ1) is 9.63. The van der Waals surface area contributed by atoms with Crippen molar-refractivity contribution in [2.75, 3.05) is 16.8 Å². The summed E-state index contributed by atoms with van der Waals surface area (Å²) < 4.78 is 5.00. The van der Waals surface area contributed by atoms with Crippen LogP contribution in [0.1, 0.15) is 18.6 Å². The number of hydrogen-bond donors (Lipinski definition) is 1. The van der Waals surface area contributed by atoms with Gasteiger partial charge in [0.05, 0.1) is 23.8 Å². The Labute approximate surface area is 116 Å². The minimum atomic E-state index is -0.101. The molecule has 1 aromatic heterocycles. The number of fused-ring (bicyclic) bond motifs is 1. The number of hydrogen-bond acceptors (Lipinski definition) is 5. The number of para-hydroxylation sites is 2. The van der Waals surface area contributed by atoms with E-state index < -0.39 is 0 Å². The molecule has 0 spiro atoms. The van der Waals surface area contributed by atoms with Crippen LogP contribution in [-0.2, 0) is 11.3 Å². The normalized spacial score (nSPS) is 18.4. The molecule has 2 aromatic rings. The molecule has 1 aromatic carbocycles. The fourth-order valence-corrected chi connectivity index (χ4v) is 2.35. The lowest BCUT2D eigenvalue weighted by molar-refractivity contribution is -0.119. The van der Waals surface area contributed by atoms with Crippen LogP contribution in [0, 0.1) is 12.8 Å². The fraction of sp³-hybridized carbons (Fsp3) is 0.357. The lowest BCUT2D eigenvalue weighted by Gasteiger charge is -2.23. The third-order valence-electron chi connectivity index (χ3n) is 3.35. The maximum atomic E-state index is 12.0. The number of aryl methyl sites for hydroxylation is 1. The van der Waals surface area contributed by atoms with Crippen LogP contribution in [0.25, 0.3) is 0 Å².